The first-order chi connectivity index (χ1) is 9.81. The minimum atomic E-state index is -0.920. The number of aliphatic carboxylic acids is 1. The molecular formula is C15H31N3O3. The molecule has 0 heterocycles. The number of rotatable bonds is 11. The van der Waals surface area contributed by atoms with Crippen molar-refractivity contribution in [2.24, 2.45) is 11.7 Å². The summed E-state index contributed by atoms with van der Waals surface area (Å²) < 4.78 is 0. The molecule has 0 saturated heterocycles. The first kappa shape index (κ1) is 19.9. The Balaban J connectivity index is 4.56. The van der Waals surface area contributed by atoms with Crippen molar-refractivity contribution in [2.45, 2.75) is 46.6 Å². The van der Waals surface area contributed by atoms with Crippen LogP contribution in [-0.2, 0) is 9.59 Å². The Morgan fingerprint density at radius 1 is 1.14 bits per heavy atom. The second kappa shape index (κ2) is 10.6. The fourth-order valence-electron chi connectivity index (χ4n) is 2.17. The van der Waals surface area contributed by atoms with Crippen molar-refractivity contribution >= 4 is 11.9 Å². The van der Waals surface area contributed by atoms with E-state index < -0.39 is 12.0 Å². The van der Waals surface area contributed by atoms with Crippen molar-refractivity contribution in [3.63, 3.8) is 0 Å². The summed E-state index contributed by atoms with van der Waals surface area (Å²) in [6, 6.07) is -0.725. The Hall–Kier alpha value is -1.14. The monoisotopic (exact) mass is 301 g/mol. The van der Waals surface area contributed by atoms with Crippen LogP contribution in [0, 0.1) is 5.92 Å². The van der Waals surface area contributed by atoms with E-state index in [1.165, 1.54) is 0 Å². The Morgan fingerprint density at radius 2 is 1.71 bits per heavy atom. The molecule has 0 aromatic rings. The van der Waals surface area contributed by atoms with Gasteiger partial charge >= 0.3 is 5.97 Å². The summed E-state index contributed by atoms with van der Waals surface area (Å²) in [6.45, 7) is 12.3. The highest BCUT2D eigenvalue weighted by molar-refractivity contribution is 5.82. The van der Waals surface area contributed by atoms with Gasteiger partial charge in [-0.3, -0.25) is 9.59 Å². The lowest BCUT2D eigenvalue weighted by Crippen LogP contribution is -2.48. The Kier molecular flexibility index (Phi) is 9.99. The molecule has 0 fully saturated rings. The molecule has 0 aliphatic rings. The first-order valence-corrected chi connectivity index (χ1v) is 7.80. The topological polar surface area (TPSA) is 86.9 Å². The molecule has 0 saturated carbocycles. The van der Waals surface area contributed by atoms with E-state index >= 15 is 0 Å². The lowest BCUT2D eigenvalue weighted by Gasteiger charge is -2.29. The molecule has 1 atom stereocenters. The quantitative estimate of drug-likeness (QED) is 0.594. The van der Waals surface area contributed by atoms with Crippen LogP contribution in [-0.4, -0.2) is 65.5 Å². The van der Waals surface area contributed by atoms with Gasteiger partial charge in [0.2, 0.25) is 5.91 Å². The number of carbonyl (C=O) groups excluding carboxylic acids is 1. The number of amides is 1. The molecule has 124 valence electrons. The number of carboxylic acids is 1. The van der Waals surface area contributed by atoms with Crippen molar-refractivity contribution in [1.29, 1.82) is 0 Å². The molecule has 3 N–H and O–H groups in total. The van der Waals surface area contributed by atoms with Crippen LogP contribution in [0.15, 0.2) is 0 Å². The summed E-state index contributed by atoms with van der Waals surface area (Å²) in [6.07, 6.45) is 0.118. The molecule has 0 aromatic carbocycles. The zero-order valence-electron chi connectivity index (χ0n) is 13.8. The van der Waals surface area contributed by atoms with E-state index in [2.05, 4.69) is 32.6 Å². The minimum absolute atomic E-state index is 0.0710. The molecular weight excluding hydrogens is 270 g/mol. The third-order valence-corrected chi connectivity index (χ3v) is 3.46. The van der Waals surface area contributed by atoms with Gasteiger partial charge in [-0.05, 0) is 25.4 Å². The van der Waals surface area contributed by atoms with Gasteiger partial charge in [-0.2, -0.15) is 0 Å². The fourth-order valence-corrected chi connectivity index (χ4v) is 2.17. The summed E-state index contributed by atoms with van der Waals surface area (Å²) in [7, 11) is 0. The summed E-state index contributed by atoms with van der Waals surface area (Å²) in [5, 5.41) is 8.68. The molecule has 0 spiro atoms. The van der Waals surface area contributed by atoms with Gasteiger partial charge in [-0.1, -0.05) is 27.7 Å². The summed E-state index contributed by atoms with van der Waals surface area (Å²) >= 11 is 0. The number of nitrogens with zero attached hydrogens (tertiary/aromatic N) is 2. The normalized spacial score (nSPS) is 12.7. The van der Waals surface area contributed by atoms with Gasteiger partial charge in [-0.25, -0.2) is 0 Å². The van der Waals surface area contributed by atoms with Crippen LogP contribution in [0.4, 0.5) is 0 Å². The molecule has 6 nitrogen and oxygen atoms in total. The van der Waals surface area contributed by atoms with Crippen LogP contribution < -0.4 is 5.73 Å². The third-order valence-electron chi connectivity index (χ3n) is 3.46. The first-order valence-electron chi connectivity index (χ1n) is 7.80. The SMILES string of the molecule is CCN(CC)CCN(CC(C)C)C(=O)C(N)CCC(=O)O. The molecule has 21 heavy (non-hydrogen) atoms. The van der Waals surface area contributed by atoms with Crippen LogP contribution in [0.3, 0.4) is 0 Å². The van der Waals surface area contributed by atoms with E-state index in [-0.39, 0.29) is 18.7 Å². The molecule has 1 unspecified atom stereocenters. The van der Waals surface area contributed by atoms with Crippen molar-refractivity contribution in [3.05, 3.63) is 0 Å². The molecule has 1 amide bonds. The van der Waals surface area contributed by atoms with Gasteiger partial charge in [0.1, 0.15) is 0 Å². The molecule has 6 heteroatoms. The second-order valence-corrected chi connectivity index (χ2v) is 5.74. The maximum Gasteiger partial charge on any atom is 0.303 e. The van der Waals surface area contributed by atoms with Gasteiger partial charge in [0.05, 0.1) is 6.04 Å². The van der Waals surface area contributed by atoms with Crippen molar-refractivity contribution in [1.82, 2.24) is 9.80 Å². The van der Waals surface area contributed by atoms with Gasteiger partial charge in [0, 0.05) is 26.1 Å². The van der Waals surface area contributed by atoms with Gasteiger partial charge in [0.15, 0.2) is 0 Å². The standard InChI is InChI=1S/C15H31N3O3/c1-5-17(6-2)9-10-18(11-12(3)4)15(21)13(16)7-8-14(19)20/h12-13H,5-11,16H2,1-4H3,(H,19,20). The van der Waals surface area contributed by atoms with Crippen LogP contribution in [0.1, 0.15) is 40.5 Å². The predicted molar refractivity (Wildman–Crippen MR) is 84.1 cm³/mol. The molecule has 0 radical (unpaired) electrons. The maximum absolute atomic E-state index is 12.4. The zero-order valence-corrected chi connectivity index (χ0v) is 13.8. The van der Waals surface area contributed by atoms with E-state index in [1.54, 1.807) is 4.90 Å². The Bertz CT molecular complexity index is 317. The summed E-state index contributed by atoms with van der Waals surface area (Å²) in [4.78, 5) is 27.0. The van der Waals surface area contributed by atoms with Crippen LogP contribution in [0.2, 0.25) is 0 Å². The average molecular weight is 301 g/mol. The van der Waals surface area contributed by atoms with E-state index in [4.69, 9.17) is 10.8 Å². The lowest BCUT2D eigenvalue weighted by atomic mass is 10.1. The van der Waals surface area contributed by atoms with E-state index in [9.17, 15) is 9.59 Å². The molecule has 0 aromatic heterocycles. The number of carboxylic acid groups (broad SMARTS) is 1. The highest BCUT2D eigenvalue weighted by Gasteiger charge is 2.22. The fraction of sp³-hybridized carbons (Fsp3) is 0.867. The number of hydrogen-bond acceptors (Lipinski definition) is 4. The smallest absolute Gasteiger partial charge is 0.303 e. The summed E-state index contributed by atoms with van der Waals surface area (Å²) in [5.41, 5.74) is 5.85. The minimum Gasteiger partial charge on any atom is -0.481 e. The van der Waals surface area contributed by atoms with Crippen molar-refractivity contribution < 1.29 is 14.7 Å². The largest absolute Gasteiger partial charge is 0.481 e. The second-order valence-electron chi connectivity index (χ2n) is 5.74. The van der Waals surface area contributed by atoms with Crippen molar-refractivity contribution in [2.75, 3.05) is 32.7 Å². The van der Waals surface area contributed by atoms with Gasteiger partial charge in [-0.15, -0.1) is 0 Å². The Labute approximate surface area is 128 Å². The van der Waals surface area contributed by atoms with Crippen LogP contribution >= 0.6 is 0 Å². The van der Waals surface area contributed by atoms with Gasteiger partial charge in [0.25, 0.3) is 0 Å². The van der Waals surface area contributed by atoms with Crippen LogP contribution in [0.5, 0.6) is 0 Å². The lowest BCUT2D eigenvalue weighted by molar-refractivity contribution is -0.137. The maximum atomic E-state index is 12.4. The van der Waals surface area contributed by atoms with E-state index in [0.717, 1.165) is 19.6 Å². The average Bonchev–Trinajstić information content (AvgIpc) is 2.43. The highest BCUT2D eigenvalue weighted by atomic mass is 16.4. The molecule has 0 bridgehead atoms. The Morgan fingerprint density at radius 3 is 2.14 bits per heavy atom. The number of likely N-dealkylation sites (N-methyl/N-ethyl adjacent to an activating group) is 1. The third kappa shape index (κ3) is 8.67. The molecule has 0 rings (SSSR count). The van der Waals surface area contributed by atoms with E-state index in [0.29, 0.717) is 19.0 Å². The number of nitrogens with two attached hydrogens (primary N) is 1. The highest BCUT2D eigenvalue weighted by Crippen LogP contribution is 2.05. The van der Waals surface area contributed by atoms with Gasteiger partial charge < -0.3 is 20.6 Å². The van der Waals surface area contributed by atoms with E-state index in [1.807, 2.05) is 0 Å². The number of carbonyl (C=O) groups is 2. The molecule has 0 aliphatic heterocycles. The van der Waals surface area contributed by atoms with Crippen molar-refractivity contribution in [3.8, 4) is 0 Å². The number of hydrogen-bond donors (Lipinski definition) is 2. The summed E-state index contributed by atoms with van der Waals surface area (Å²) in [5.74, 6) is -0.703. The predicted octanol–water partition coefficient (Wildman–Crippen LogP) is 1.00. The molecule has 0 aliphatic carbocycles. The zero-order chi connectivity index (χ0) is 16.4. The van der Waals surface area contributed by atoms with Crippen LogP contribution in [0.25, 0.3) is 0 Å².